The molecule has 5 rings (SSSR count). The van der Waals surface area contributed by atoms with Crippen molar-refractivity contribution in [3.05, 3.63) is 97.8 Å². The highest BCUT2D eigenvalue weighted by atomic mass is 127. The van der Waals surface area contributed by atoms with E-state index in [0.717, 1.165) is 20.4 Å². The molecule has 2 heterocycles. The lowest BCUT2D eigenvalue weighted by molar-refractivity contribution is -0.113. The number of thioether (sulfide) groups is 1. The normalized spacial score (nSPS) is 11.2. The summed E-state index contributed by atoms with van der Waals surface area (Å²) in [6.07, 6.45) is 0. The first kappa shape index (κ1) is 22.6. The molecule has 0 spiro atoms. The fraction of sp³-hybridized carbons (Fsp3) is 0.120. The van der Waals surface area contributed by atoms with Gasteiger partial charge in [0.15, 0.2) is 5.16 Å². The van der Waals surface area contributed by atoms with Gasteiger partial charge in [-0.2, -0.15) is 0 Å². The highest BCUT2D eigenvalue weighted by molar-refractivity contribution is 14.1. The average molecular weight is 581 g/mol. The molecule has 0 fully saturated rings. The Bertz CT molecular complexity index is 1560. The number of carbonyl (C=O) groups is 1. The number of hydrogen-bond acceptors (Lipinski definition) is 5. The quantitative estimate of drug-likeness (QED) is 0.232. The van der Waals surface area contributed by atoms with Crippen LogP contribution in [0.2, 0.25) is 0 Å². The molecule has 0 unspecified atom stereocenters. The lowest BCUT2D eigenvalue weighted by atomic mass is 10.1. The number of nitrogens with zero attached hydrogens (tertiary/aromatic N) is 4. The number of carbonyl (C=O) groups excluding carboxylic acids is 1. The van der Waals surface area contributed by atoms with Crippen molar-refractivity contribution in [1.82, 2.24) is 19.2 Å². The number of fused-ring (bicyclic) bond motifs is 3. The summed E-state index contributed by atoms with van der Waals surface area (Å²) in [5, 5.41) is 12.7. The molecule has 0 aliphatic carbocycles. The van der Waals surface area contributed by atoms with Crippen molar-refractivity contribution in [2.75, 3.05) is 11.1 Å². The molecule has 1 amide bonds. The minimum atomic E-state index is -0.139. The standard InChI is InChI=1S/C25H20IN5O2S/c1-16-6-8-17(9-7-16)14-30-23(33)20-4-2-3-5-21(20)31-24(30)28-29-25(31)34-15-22(32)27-19-12-10-18(26)11-13-19/h2-13H,14-15H2,1H3,(H,27,32). The summed E-state index contributed by atoms with van der Waals surface area (Å²) < 4.78 is 4.59. The van der Waals surface area contributed by atoms with Gasteiger partial charge in [0.2, 0.25) is 11.7 Å². The molecule has 5 aromatic rings. The van der Waals surface area contributed by atoms with Crippen molar-refractivity contribution < 1.29 is 4.79 Å². The van der Waals surface area contributed by atoms with Gasteiger partial charge in [0.25, 0.3) is 5.56 Å². The number of halogens is 1. The van der Waals surface area contributed by atoms with Gasteiger partial charge in [0.1, 0.15) is 0 Å². The number of anilines is 1. The Kier molecular flexibility index (Phi) is 6.38. The van der Waals surface area contributed by atoms with Crippen LogP contribution in [0, 0.1) is 10.5 Å². The molecule has 0 atom stereocenters. The Balaban J connectivity index is 1.49. The van der Waals surface area contributed by atoms with Crippen molar-refractivity contribution in [3.8, 4) is 0 Å². The van der Waals surface area contributed by atoms with Crippen LogP contribution >= 0.6 is 34.4 Å². The van der Waals surface area contributed by atoms with Gasteiger partial charge in [-0.1, -0.05) is 53.7 Å². The maximum absolute atomic E-state index is 13.3. The molecular formula is C25H20IN5O2S. The van der Waals surface area contributed by atoms with Crippen LogP contribution in [-0.2, 0) is 11.3 Å². The average Bonchev–Trinajstić information content (AvgIpc) is 3.27. The first-order valence-electron chi connectivity index (χ1n) is 10.6. The zero-order chi connectivity index (χ0) is 23.7. The predicted molar refractivity (Wildman–Crippen MR) is 144 cm³/mol. The number of amides is 1. The van der Waals surface area contributed by atoms with E-state index in [0.29, 0.717) is 28.4 Å². The summed E-state index contributed by atoms with van der Waals surface area (Å²) in [6, 6.07) is 23.1. The van der Waals surface area contributed by atoms with Crippen LogP contribution in [-0.4, -0.2) is 30.8 Å². The number of nitrogens with one attached hydrogen (secondary N) is 1. The summed E-state index contributed by atoms with van der Waals surface area (Å²) in [6.45, 7) is 2.41. The molecular weight excluding hydrogens is 561 g/mol. The van der Waals surface area contributed by atoms with Crippen molar-refractivity contribution in [2.45, 2.75) is 18.6 Å². The second-order valence-electron chi connectivity index (χ2n) is 7.86. The number of para-hydroxylation sites is 1. The third-order valence-electron chi connectivity index (χ3n) is 5.40. The molecule has 3 aromatic carbocycles. The molecule has 0 radical (unpaired) electrons. The third-order valence-corrected chi connectivity index (χ3v) is 7.05. The highest BCUT2D eigenvalue weighted by Crippen LogP contribution is 2.22. The van der Waals surface area contributed by atoms with Gasteiger partial charge in [-0.15, -0.1) is 10.2 Å². The Morgan fingerprint density at radius 2 is 1.74 bits per heavy atom. The second kappa shape index (κ2) is 9.59. The van der Waals surface area contributed by atoms with Gasteiger partial charge in [-0.25, -0.2) is 0 Å². The number of aromatic nitrogens is 4. The topological polar surface area (TPSA) is 81.3 Å². The maximum atomic E-state index is 13.3. The summed E-state index contributed by atoms with van der Waals surface area (Å²) in [5.41, 5.74) is 3.50. The van der Waals surface area contributed by atoms with Crippen molar-refractivity contribution in [2.24, 2.45) is 0 Å². The molecule has 9 heteroatoms. The first-order valence-corrected chi connectivity index (χ1v) is 12.7. The molecule has 0 saturated carbocycles. The molecule has 0 aliphatic heterocycles. The zero-order valence-electron chi connectivity index (χ0n) is 18.2. The minimum Gasteiger partial charge on any atom is -0.325 e. The van der Waals surface area contributed by atoms with E-state index in [1.165, 1.54) is 11.8 Å². The molecule has 0 saturated heterocycles. The first-order chi connectivity index (χ1) is 16.5. The number of rotatable bonds is 6. The third kappa shape index (κ3) is 4.58. The number of hydrogen-bond donors (Lipinski definition) is 1. The maximum Gasteiger partial charge on any atom is 0.263 e. The van der Waals surface area contributed by atoms with Crippen LogP contribution in [0.15, 0.2) is 82.7 Å². The summed E-state index contributed by atoms with van der Waals surface area (Å²) in [7, 11) is 0. The molecule has 2 aromatic heterocycles. The summed E-state index contributed by atoms with van der Waals surface area (Å²) in [5.74, 6) is 0.475. The predicted octanol–water partition coefficient (Wildman–Crippen LogP) is 4.74. The van der Waals surface area contributed by atoms with Gasteiger partial charge >= 0.3 is 0 Å². The van der Waals surface area contributed by atoms with Crippen molar-refractivity contribution >= 4 is 62.6 Å². The zero-order valence-corrected chi connectivity index (χ0v) is 21.2. The van der Waals surface area contributed by atoms with Gasteiger partial charge in [-0.3, -0.25) is 18.6 Å². The van der Waals surface area contributed by atoms with Gasteiger partial charge < -0.3 is 5.32 Å². The SMILES string of the molecule is Cc1ccc(Cn2c(=O)c3ccccc3n3c(SCC(=O)Nc4ccc(I)cc4)nnc23)cc1. The fourth-order valence-corrected chi connectivity index (χ4v) is 4.81. The van der Waals surface area contributed by atoms with E-state index in [1.54, 1.807) is 10.6 Å². The van der Waals surface area contributed by atoms with Gasteiger partial charge in [0.05, 0.1) is 23.2 Å². The minimum absolute atomic E-state index is 0.121. The molecule has 0 aliphatic rings. The van der Waals surface area contributed by atoms with Gasteiger partial charge in [0, 0.05) is 9.26 Å². The molecule has 7 nitrogen and oxygen atoms in total. The van der Waals surface area contributed by atoms with Crippen LogP contribution in [0.25, 0.3) is 16.7 Å². The van der Waals surface area contributed by atoms with Crippen LogP contribution in [0.5, 0.6) is 0 Å². The number of benzene rings is 3. The molecule has 0 bridgehead atoms. The van der Waals surface area contributed by atoms with Crippen LogP contribution in [0.3, 0.4) is 0 Å². The van der Waals surface area contributed by atoms with E-state index < -0.39 is 0 Å². The largest absolute Gasteiger partial charge is 0.325 e. The van der Waals surface area contributed by atoms with Crippen LogP contribution < -0.4 is 10.9 Å². The van der Waals surface area contributed by atoms with E-state index in [1.807, 2.05) is 78.1 Å². The van der Waals surface area contributed by atoms with E-state index in [2.05, 4.69) is 38.1 Å². The second-order valence-corrected chi connectivity index (χ2v) is 10.0. The summed E-state index contributed by atoms with van der Waals surface area (Å²) >= 11 is 3.51. The molecule has 1 N–H and O–H groups in total. The molecule has 170 valence electrons. The van der Waals surface area contributed by atoms with Crippen molar-refractivity contribution in [1.29, 1.82) is 0 Å². The Morgan fingerprint density at radius 1 is 1.00 bits per heavy atom. The van der Waals surface area contributed by atoms with Gasteiger partial charge in [-0.05, 0) is 71.5 Å². The monoisotopic (exact) mass is 581 g/mol. The molecule has 34 heavy (non-hydrogen) atoms. The highest BCUT2D eigenvalue weighted by Gasteiger charge is 2.18. The van der Waals surface area contributed by atoms with E-state index >= 15 is 0 Å². The van der Waals surface area contributed by atoms with Crippen LogP contribution in [0.1, 0.15) is 11.1 Å². The summed E-state index contributed by atoms with van der Waals surface area (Å²) in [4.78, 5) is 25.9. The Labute approximate surface area is 213 Å². The lowest BCUT2D eigenvalue weighted by Crippen LogP contribution is -2.24. The van der Waals surface area contributed by atoms with Crippen molar-refractivity contribution in [3.63, 3.8) is 0 Å². The lowest BCUT2D eigenvalue weighted by Gasteiger charge is -2.11. The van der Waals surface area contributed by atoms with Crippen LogP contribution in [0.4, 0.5) is 5.69 Å². The fourth-order valence-electron chi connectivity index (χ4n) is 3.71. The van der Waals surface area contributed by atoms with E-state index in [9.17, 15) is 9.59 Å². The van der Waals surface area contributed by atoms with E-state index in [-0.39, 0.29) is 17.2 Å². The Hall–Kier alpha value is -3.18. The Morgan fingerprint density at radius 3 is 2.50 bits per heavy atom. The van der Waals surface area contributed by atoms with E-state index in [4.69, 9.17) is 0 Å². The smallest absolute Gasteiger partial charge is 0.263 e. The number of aryl methyl sites for hydroxylation is 1.